The SMILES string of the molecule is Cc1ccc(O)c(C(C)N2CCCC2C2CCCN2)c1. The molecule has 0 saturated carbocycles. The van der Waals surface area contributed by atoms with Crippen LogP contribution in [0.25, 0.3) is 0 Å². The minimum Gasteiger partial charge on any atom is -0.508 e. The van der Waals surface area contributed by atoms with Gasteiger partial charge in [0.1, 0.15) is 5.75 Å². The van der Waals surface area contributed by atoms with Gasteiger partial charge in [-0.25, -0.2) is 0 Å². The molecule has 0 spiro atoms. The Morgan fingerprint density at radius 2 is 2.15 bits per heavy atom. The van der Waals surface area contributed by atoms with Gasteiger partial charge in [0.25, 0.3) is 0 Å². The predicted molar refractivity (Wildman–Crippen MR) is 82.0 cm³/mol. The molecule has 2 heterocycles. The van der Waals surface area contributed by atoms with Gasteiger partial charge in [-0.05, 0) is 58.7 Å². The zero-order valence-electron chi connectivity index (χ0n) is 12.6. The third-order valence-electron chi connectivity index (χ3n) is 5.04. The molecule has 110 valence electrons. The summed E-state index contributed by atoms with van der Waals surface area (Å²) in [4.78, 5) is 2.59. The highest BCUT2D eigenvalue weighted by Gasteiger charge is 2.36. The molecule has 0 bridgehead atoms. The molecular weight excluding hydrogens is 248 g/mol. The molecule has 2 aliphatic rings. The number of phenolic OH excluding ortho intramolecular Hbond substituents is 1. The number of hydrogen-bond acceptors (Lipinski definition) is 3. The number of phenols is 1. The van der Waals surface area contributed by atoms with Crippen molar-refractivity contribution in [1.29, 1.82) is 0 Å². The molecule has 0 radical (unpaired) electrons. The van der Waals surface area contributed by atoms with E-state index in [1.54, 1.807) is 0 Å². The second-order valence-corrected chi connectivity index (χ2v) is 6.39. The number of aryl methyl sites for hydroxylation is 1. The van der Waals surface area contributed by atoms with Gasteiger partial charge in [0.2, 0.25) is 0 Å². The van der Waals surface area contributed by atoms with Gasteiger partial charge in [-0.3, -0.25) is 4.90 Å². The molecule has 3 unspecified atom stereocenters. The number of likely N-dealkylation sites (tertiary alicyclic amines) is 1. The highest BCUT2D eigenvalue weighted by molar-refractivity contribution is 5.38. The largest absolute Gasteiger partial charge is 0.508 e. The van der Waals surface area contributed by atoms with E-state index in [1.165, 1.54) is 37.8 Å². The Hall–Kier alpha value is -1.06. The van der Waals surface area contributed by atoms with Crippen LogP contribution in [-0.2, 0) is 0 Å². The van der Waals surface area contributed by atoms with Crippen molar-refractivity contribution in [3.63, 3.8) is 0 Å². The van der Waals surface area contributed by atoms with E-state index in [2.05, 4.69) is 30.1 Å². The van der Waals surface area contributed by atoms with Gasteiger partial charge in [0.15, 0.2) is 0 Å². The van der Waals surface area contributed by atoms with E-state index in [0.717, 1.165) is 12.1 Å². The first-order chi connectivity index (χ1) is 9.66. The van der Waals surface area contributed by atoms with Crippen molar-refractivity contribution in [2.45, 2.75) is 57.7 Å². The Bertz CT molecular complexity index is 468. The summed E-state index contributed by atoms with van der Waals surface area (Å²) in [6.07, 6.45) is 5.17. The van der Waals surface area contributed by atoms with Crippen molar-refractivity contribution in [1.82, 2.24) is 10.2 Å². The second kappa shape index (κ2) is 5.74. The Kier molecular flexibility index (Phi) is 3.99. The summed E-state index contributed by atoms with van der Waals surface area (Å²) in [5.41, 5.74) is 2.30. The first kappa shape index (κ1) is 13.9. The van der Waals surface area contributed by atoms with Crippen LogP contribution in [0.2, 0.25) is 0 Å². The lowest BCUT2D eigenvalue weighted by Gasteiger charge is -2.35. The van der Waals surface area contributed by atoms with Gasteiger partial charge >= 0.3 is 0 Å². The van der Waals surface area contributed by atoms with E-state index in [0.29, 0.717) is 23.9 Å². The predicted octanol–water partition coefficient (Wildman–Crippen LogP) is 2.98. The zero-order valence-corrected chi connectivity index (χ0v) is 12.6. The lowest BCUT2D eigenvalue weighted by molar-refractivity contribution is 0.161. The van der Waals surface area contributed by atoms with Crippen LogP contribution in [0.4, 0.5) is 0 Å². The van der Waals surface area contributed by atoms with E-state index in [9.17, 15) is 5.11 Å². The van der Waals surface area contributed by atoms with E-state index >= 15 is 0 Å². The summed E-state index contributed by atoms with van der Waals surface area (Å²) in [7, 11) is 0. The summed E-state index contributed by atoms with van der Waals surface area (Å²) in [6, 6.07) is 7.52. The maximum Gasteiger partial charge on any atom is 0.120 e. The van der Waals surface area contributed by atoms with Crippen LogP contribution in [0.1, 0.15) is 49.8 Å². The maximum atomic E-state index is 10.2. The van der Waals surface area contributed by atoms with Crippen LogP contribution in [-0.4, -0.2) is 35.2 Å². The smallest absolute Gasteiger partial charge is 0.120 e. The maximum absolute atomic E-state index is 10.2. The van der Waals surface area contributed by atoms with Crippen LogP contribution in [0.15, 0.2) is 18.2 Å². The molecule has 3 nitrogen and oxygen atoms in total. The molecule has 20 heavy (non-hydrogen) atoms. The quantitative estimate of drug-likeness (QED) is 0.889. The Labute approximate surface area is 122 Å². The van der Waals surface area contributed by atoms with Gasteiger partial charge < -0.3 is 10.4 Å². The minimum atomic E-state index is 0.296. The summed E-state index contributed by atoms with van der Waals surface area (Å²) < 4.78 is 0. The first-order valence-corrected chi connectivity index (χ1v) is 7.95. The van der Waals surface area contributed by atoms with Crippen LogP contribution in [0.3, 0.4) is 0 Å². The highest BCUT2D eigenvalue weighted by atomic mass is 16.3. The molecule has 0 aliphatic carbocycles. The van der Waals surface area contributed by atoms with Gasteiger partial charge in [0.05, 0.1) is 0 Å². The normalized spacial score (nSPS) is 28.9. The fourth-order valence-corrected chi connectivity index (χ4v) is 3.95. The topological polar surface area (TPSA) is 35.5 Å². The summed E-state index contributed by atoms with van der Waals surface area (Å²) >= 11 is 0. The van der Waals surface area contributed by atoms with E-state index < -0.39 is 0 Å². The molecule has 2 aliphatic heterocycles. The zero-order chi connectivity index (χ0) is 14.1. The summed E-state index contributed by atoms with van der Waals surface area (Å²) in [6.45, 7) is 6.65. The number of nitrogens with one attached hydrogen (secondary N) is 1. The Morgan fingerprint density at radius 1 is 1.30 bits per heavy atom. The van der Waals surface area contributed by atoms with Crippen molar-refractivity contribution in [2.24, 2.45) is 0 Å². The van der Waals surface area contributed by atoms with Crippen LogP contribution in [0, 0.1) is 6.92 Å². The van der Waals surface area contributed by atoms with E-state index in [1.807, 2.05) is 12.1 Å². The third-order valence-corrected chi connectivity index (χ3v) is 5.04. The van der Waals surface area contributed by atoms with Gasteiger partial charge in [-0.2, -0.15) is 0 Å². The number of nitrogens with zero attached hydrogens (tertiary/aromatic N) is 1. The number of aromatic hydroxyl groups is 1. The summed E-state index contributed by atoms with van der Waals surface area (Å²) in [5, 5.41) is 13.8. The molecular formula is C17H26N2O. The minimum absolute atomic E-state index is 0.296. The van der Waals surface area contributed by atoms with Crippen LogP contribution >= 0.6 is 0 Å². The lowest BCUT2D eigenvalue weighted by atomic mass is 9.99. The monoisotopic (exact) mass is 274 g/mol. The van der Waals surface area contributed by atoms with Gasteiger partial charge in [-0.1, -0.05) is 17.7 Å². The van der Waals surface area contributed by atoms with Crippen molar-refractivity contribution in [3.8, 4) is 5.75 Å². The fraction of sp³-hybridized carbons (Fsp3) is 0.647. The molecule has 0 amide bonds. The molecule has 3 heteroatoms. The number of rotatable bonds is 3. The average Bonchev–Trinajstić information content (AvgIpc) is 3.10. The molecule has 1 aromatic carbocycles. The fourth-order valence-electron chi connectivity index (χ4n) is 3.95. The van der Waals surface area contributed by atoms with Crippen molar-refractivity contribution in [2.75, 3.05) is 13.1 Å². The standard InChI is InChI=1S/C17H26N2O/c1-12-7-8-17(20)14(11-12)13(2)19-10-4-6-16(19)15-5-3-9-18-15/h7-8,11,13,15-16,18,20H,3-6,9-10H2,1-2H3. The van der Waals surface area contributed by atoms with Crippen molar-refractivity contribution in [3.05, 3.63) is 29.3 Å². The van der Waals surface area contributed by atoms with Gasteiger partial charge in [0, 0.05) is 23.7 Å². The van der Waals surface area contributed by atoms with Gasteiger partial charge in [-0.15, -0.1) is 0 Å². The van der Waals surface area contributed by atoms with Crippen molar-refractivity contribution < 1.29 is 5.11 Å². The second-order valence-electron chi connectivity index (χ2n) is 6.39. The van der Waals surface area contributed by atoms with E-state index in [4.69, 9.17) is 0 Å². The number of hydrogen-bond donors (Lipinski definition) is 2. The number of benzene rings is 1. The first-order valence-electron chi connectivity index (χ1n) is 7.95. The third kappa shape index (κ3) is 2.57. The Morgan fingerprint density at radius 3 is 2.90 bits per heavy atom. The molecule has 3 rings (SSSR count). The Balaban J connectivity index is 1.81. The molecule has 2 saturated heterocycles. The molecule has 1 aromatic rings. The molecule has 3 atom stereocenters. The van der Waals surface area contributed by atoms with Crippen LogP contribution < -0.4 is 5.32 Å². The molecule has 2 N–H and O–H groups in total. The van der Waals surface area contributed by atoms with Crippen molar-refractivity contribution >= 4 is 0 Å². The summed E-state index contributed by atoms with van der Waals surface area (Å²) in [5.74, 6) is 0.438. The highest BCUT2D eigenvalue weighted by Crippen LogP contribution is 2.36. The molecule has 2 fully saturated rings. The lowest BCUT2D eigenvalue weighted by Crippen LogP contribution is -2.44. The van der Waals surface area contributed by atoms with Crippen LogP contribution in [0.5, 0.6) is 5.75 Å². The molecule has 0 aromatic heterocycles. The average molecular weight is 274 g/mol. The van der Waals surface area contributed by atoms with E-state index in [-0.39, 0.29) is 0 Å².